The van der Waals surface area contributed by atoms with Gasteiger partial charge < -0.3 is 19.9 Å². The first-order chi connectivity index (χ1) is 12.4. The number of nitrogens with zero attached hydrogens (tertiary/aromatic N) is 4. The molecular formula is C18H37IN6O2. The molecule has 0 aliphatic heterocycles. The van der Waals surface area contributed by atoms with Crippen LogP contribution in [-0.2, 0) is 11.3 Å². The van der Waals surface area contributed by atoms with Crippen LogP contribution >= 0.6 is 24.0 Å². The first-order valence-corrected chi connectivity index (χ1v) is 9.60. The summed E-state index contributed by atoms with van der Waals surface area (Å²) in [5.74, 6) is 1.78. The molecule has 9 heteroatoms. The van der Waals surface area contributed by atoms with Crippen molar-refractivity contribution in [2.45, 2.75) is 73.2 Å². The molecule has 27 heavy (non-hydrogen) atoms. The van der Waals surface area contributed by atoms with Crippen molar-refractivity contribution < 1.29 is 9.26 Å². The van der Waals surface area contributed by atoms with Crippen LogP contribution < -0.4 is 10.6 Å². The summed E-state index contributed by atoms with van der Waals surface area (Å²) in [4.78, 5) is 11.3. The van der Waals surface area contributed by atoms with E-state index in [-0.39, 0.29) is 30.1 Å². The van der Waals surface area contributed by atoms with Crippen LogP contribution in [-0.4, -0.2) is 59.3 Å². The third-order valence-corrected chi connectivity index (χ3v) is 3.97. The Morgan fingerprint density at radius 1 is 1.15 bits per heavy atom. The van der Waals surface area contributed by atoms with E-state index >= 15 is 0 Å². The van der Waals surface area contributed by atoms with Crippen molar-refractivity contribution >= 4 is 29.9 Å². The first kappa shape index (κ1) is 26.1. The Bertz CT molecular complexity index is 528. The van der Waals surface area contributed by atoms with Gasteiger partial charge in [-0.2, -0.15) is 4.98 Å². The highest BCUT2D eigenvalue weighted by atomic mass is 127. The molecule has 0 fully saturated rings. The number of hydrogen-bond donors (Lipinski definition) is 2. The molecule has 0 saturated carbocycles. The molecule has 0 aliphatic rings. The lowest BCUT2D eigenvalue weighted by molar-refractivity contribution is 0.0683. The van der Waals surface area contributed by atoms with Crippen LogP contribution in [0, 0.1) is 0 Å². The number of aliphatic imine (C=N–C) groups is 1. The Morgan fingerprint density at radius 3 is 2.37 bits per heavy atom. The van der Waals surface area contributed by atoms with E-state index in [1.165, 1.54) is 0 Å². The van der Waals surface area contributed by atoms with Crippen molar-refractivity contribution in [2.24, 2.45) is 4.99 Å². The second-order valence-electron chi connectivity index (χ2n) is 6.69. The summed E-state index contributed by atoms with van der Waals surface area (Å²) in [5.41, 5.74) is 0. The number of halogens is 1. The molecule has 1 aromatic heterocycles. The Hall–Kier alpha value is -0.940. The van der Waals surface area contributed by atoms with E-state index in [9.17, 15) is 0 Å². The predicted molar refractivity (Wildman–Crippen MR) is 120 cm³/mol. The zero-order valence-corrected chi connectivity index (χ0v) is 20.1. The zero-order valence-electron chi connectivity index (χ0n) is 17.8. The van der Waals surface area contributed by atoms with E-state index in [1.807, 2.05) is 20.8 Å². The monoisotopic (exact) mass is 496 g/mol. The van der Waals surface area contributed by atoms with Crippen molar-refractivity contribution in [3.05, 3.63) is 11.7 Å². The summed E-state index contributed by atoms with van der Waals surface area (Å²) in [6.07, 6.45) is -0.175. The maximum absolute atomic E-state index is 5.47. The lowest BCUT2D eigenvalue weighted by Crippen LogP contribution is -2.45. The standard InChI is InChI=1S/C18H36N6O2.HI/c1-8-19-18(20-10-11-24(13(3)4)14(5)6)21-12-16-22-17(23-26-16)15(7)25-9-2;/h13-15H,8-12H2,1-7H3,(H2,19,20,21);1H. The number of ether oxygens (including phenoxy) is 1. The number of rotatable bonds is 11. The van der Waals surface area contributed by atoms with E-state index < -0.39 is 0 Å². The number of aromatic nitrogens is 2. The van der Waals surface area contributed by atoms with Gasteiger partial charge in [0.15, 0.2) is 11.8 Å². The second kappa shape index (κ2) is 14.1. The molecule has 0 bridgehead atoms. The minimum atomic E-state index is -0.175. The Morgan fingerprint density at radius 2 is 1.81 bits per heavy atom. The van der Waals surface area contributed by atoms with Crippen LogP contribution in [0.1, 0.15) is 66.3 Å². The Kier molecular flexibility index (Phi) is 13.6. The van der Waals surface area contributed by atoms with Gasteiger partial charge in [0.1, 0.15) is 12.6 Å². The van der Waals surface area contributed by atoms with Gasteiger partial charge in [-0.1, -0.05) is 5.16 Å². The normalized spacial score (nSPS) is 13.2. The van der Waals surface area contributed by atoms with E-state index in [4.69, 9.17) is 9.26 Å². The summed E-state index contributed by atoms with van der Waals surface area (Å²) in [5, 5.41) is 10.6. The molecule has 1 aromatic rings. The number of nitrogens with one attached hydrogen (secondary N) is 2. The first-order valence-electron chi connectivity index (χ1n) is 9.60. The van der Waals surface area contributed by atoms with Gasteiger partial charge in [-0.25, -0.2) is 4.99 Å². The van der Waals surface area contributed by atoms with Gasteiger partial charge in [-0.3, -0.25) is 4.90 Å². The molecule has 0 aliphatic carbocycles. The topological polar surface area (TPSA) is 87.8 Å². The maximum Gasteiger partial charge on any atom is 0.248 e. The van der Waals surface area contributed by atoms with Gasteiger partial charge in [0.05, 0.1) is 0 Å². The summed E-state index contributed by atoms with van der Waals surface area (Å²) >= 11 is 0. The van der Waals surface area contributed by atoms with Crippen LogP contribution in [0.15, 0.2) is 9.52 Å². The predicted octanol–water partition coefficient (Wildman–Crippen LogP) is 2.96. The van der Waals surface area contributed by atoms with Gasteiger partial charge in [-0.05, 0) is 48.5 Å². The molecule has 0 spiro atoms. The van der Waals surface area contributed by atoms with Crippen molar-refractivity contribution in [3.63, 3.8) is 0 Å². The molecule has 158 valence electrons. The third kappa shape index (κ3) is 9.70. The summed E-state index contributed by atoms with van der Waals surface area (Å²) in [6, 6.07) is 1.03. The van der Waals surface area contributed by atoms with Crippen LogP contribution in [0.3, 0.4) is 0 Å². The largest absolute Gasteiger partial charge is 0.371 e. The van der Waals surface area contributed by atoms with Gasteiger partial charge >= 0.3 is 0 Å². The third-order valence-electron chi connectivity index (χ3n) is 3.97. The average molecular weight is 496 g/mol. The second-order valence-corrected chi connectivity index (χ2v) is 6.69. The van der Waals surface area contributed by atoms with E-state index in [0.717, 1.165) is 25.6 Å². The summed E-state index contributed by atoms with van der Waals surface area (Å²) in [7, 11) is 0. The average Bonchev–Trinajstić information content (AvgIpc) is 3.05. The summed E-state index contributed by atoms with van der Waals surface area (Å²) < 4.78 is 10.7. The SMILES string of the molecule is CCNC(=NCc1nc(C(C)OCC)no1)NCCN(C(C)C)C(C)C.I. The summed E-state index contributed by atoms with van der Waals surface area (Å²) in [6.45, 7) is 18.3. The molecule has 1 atom stereocenters. The van der Waals surface area contributed by atoms with Crippen LogP contribution in [0.2, 0.25) is 0 Å². The highest BCUT2D eigenvalue weighted by molar-refractivity contribution is 14.0. The van der Waals surface area contributed by atoms with Gasteiger partial charge in [0.25, 0.3) is 0 Å². The maximum atomic E-state index is 5.47. The number of guanidine groups is 1. The fraction of sp³-hybridized carbons (Fsp3) is 0.833. The molecule has 0 saturated heterocycles. The molecular weight excluding hydrogens is 459 g/mol. The fourth-order valence-electron chi connectivity index (χ4n) is 2.73. The van der Waals surface area contributed by atoms with Crippen molar-refractivity contribution in [2.75, 3.05) is 26.2 Å². The van der Waals surface area contributed by atoms with Crippen molar-refractivity contribution in [1.29, 1.82) is 0 Å². The highest BCUT2D eigenvalue weighted by Crippen LogP contribution is 2.12. The van der Waals surface area contributed by atoms with Gasteiger partial charge in [-0.15, -0.1) is 24.0 Å². The molecule has 0 amide bonds. The van der Waals surface area contributed by atoms with Gasteiger partial charge in [0, 0.05) is 38.3 Å². The fourth-order valence-corrected chi connectivity index (χ4v) is 2.73. The Balaban J connectivity index is 0.00000676. The molecule has 1 rings (SSSR count). The minimum absolute atomic E-state index is 0. The zero-order chi connectivity index (χ0) is 19.5. The van der Waals surface area contributed by atoms with Crippen molar-refractivity contribution in [1.82, 2.24) is 25.7 Å². The lowest BCUT2D eigenvalue weighted by Gasteiger charge is -2.30. The van der Waals surface area contributed by atoms with Crippen LogP contribution in [0.4, 0.5) is 0 Å². The molecule has 0 aromatic carbocycles. The lowest BCUT2D eigenvalue weighted by atomic mass is 10.2. The van der Waals surface area contributed by atoms with E-state index in [1.54, 1.807) is 0 Å². The highest BCUT2D eigenvalue weighted by Gasteiger charge is 2.14. The molecule has 1 heterocycles. The van der Waals surface area contributed by atoms with E-state index in [2.05, 4.69) is 58.4 Å². The van der Waals surface area contributed by atoms with Crippen LogP contribution in [0.25, 0.3) is 0 Å². The quantitative estimate of drug-likeness (QED) is 0.277. The molecule has 2 N–H and O–H groups in total. The number of hydrogen-bond acceptors (Lipinski definition) is 6. The minimum Gasteiger partial charge on any atom is -0.371 e. The van der Waals surface area contributed by atoms with E-state index in [0.29, 0.717) is 37.0 Å². The Labute approximate surface area is 180 Å². The van der Waals surface area contributed by atoms with Gasteiger partial charge in [0.2, 0.25) is 5.89 Å². The van der Waals surface area contributed by atoms with Crippen LogP contribution in [0.5, 0.6) is 0 Å². The molecule has 1 unspecified atom stereocenters. The smallest absolute Gasteiger partial charge is 0.248 e. The molecule has 0 radical (unpaired) electrons. The van der Waals surface area contributed by atoms with Crippen molar-refractivity contribution in [3.8, 4) is 0 Å². The molecule has 8 nitrogen and oxygen atoms in total.